The Labute approximate surface area is 208 Å². The van der Waals surface area contributed by atoms with Crippen LogP contribution in [0, 0.1) is 0 Å². The number of hydrogen-bond donors (Lipinski definition) is 0. The maximum atomic E-state index is 11.8. The van der Waals surface area contributed by atoms with Crippen molar-refractivity contribution < 1.29 is 9.53 Å². The van der Waals surface area contributed by atoms with Crippen molar-refractivity contribution in [1.82, 2.24) is 0 Å². The molecule has 170 valence electrons. The number of fused-ring (bicyclic) bond motifs is 7. The normalized spacial score (nSPS) is 11.5. The molecule has 0 fully saturated rings. The average molecular weight is 473 g/mol. The first-order valence-corrected chi connectivity index (χ1v) is 12.6. The van der Waals surface area contributed by atoms with Gasteiger partial charge in [-0.1, -0.05) is 73.3 Å². The summed E-state index contributed by atoms with van der Waals surface area (Å²) < 4.78 is 8.04. The topological polar surface area (TPSA) is 26.3 Å². The van der Waals surface area contributed by atoms with E-state index in [1.165, 1.54) is 52.8 Å². The SMILES string of the molecule is C=C(C)C(=O)Oc1ccc(CCc2cc3ccccc3c3c2sc2ccc4ccccc4c23)cc1. The van der Waals surface area contributed by atoms with E-state index in [9.17, 15) is 4.79 Å². The van der Waals surface area contributed by atoms with Crippen molar-refractivity contribution in [2.45, 2.75) is 19.8 Å². The number of carbonyl (C=O) groups excluding carboxylic acids is 1. The van der Waals surface area contributed by atoms with Gasteiger partial charge in [0.2, 0.25) is 0 Å². The van der Waals surface area contributed by atoms with Crippen molar-refractivity contribution in [1.29, 1.82) is 0 Å². The minimum absolute atomic E-state index is 0.394. The van der Waals surface area contributed by atoms with E-state index in [1.807, 2.05) is 35.6 Å². The van der Waals surface area contributed by atoms with Gasteiger partial charge in [-0.25, -0.2) is 4.79 Å². The second kappa shape index (κ2) is 8.68. The molecule has 0 aliphatic carbocycles. The molecule has 35 heavy (non-hydrogen) atoms. The Hall–Kier alpha value is -3.95. The van der Waals surface area contributed by atoms with Gasteiger partial charge in [0.25, 0.3) is 0 Å². The lowest BCUT2D eigenvalue weighted by atomic mass is 9.95. The first-order chi connectivity index (χ1) is 17.1. The number of benzene rings is 5. The van der Waals surface area contributed by atoms with Gasteiger partial charge in [0.15, 0.2) is 0 Å². The fourth-order valence-electron chi connectivity index (χ4n) is 4.84. The van der Waals surface area contributed by atoms with Crippen LogP contribution in [0.4, 0.5) is 0 Å². The van der Waals surface area contributed by atoms with Crippen LogP contribution in [0.25, 0.3) is 41.7 Å². The largest absolute Gasteiger partial charge is 0.423 e. The summed E-state index contributed by atoms with van der Waals surface area (Å²) in [5, 5.41) is 7.93. The van der Waals surface area contributed by atoms with Crippen LogP contribution in [0.3, 0.4) is 0 Å². The van der Waals surface area contributed by atoms with Gasteiger partial charge in [0, 0.05) is 25.7 Å². The molecule has 0 aliphatic heterocycles. The summed E-state index contributed by atoms with van der Waals surface area (Å²) in [4.78, 5) is 11.8. The van der Waals surface area contributed by atoms with Crippen molar-refractivity contribution in [2.75, 3.05) is 0 Å². The molecule has 0 bridgehead atoms. The molecule has 0 unspecified atom stereocenters. The number of ether oxygens (including phenoxy) is 1. The van der Waals surface area contributed by atoms with E-state index < -0.39 is 5.97 Å². The second-order valence-electron chi connectivity index (χ2n) is 9.04. The zero-order chi connectivity index (χ0) is 23.9. The highest BCUT2D eigenvalue weighted by Gasteiger charge is 2.15. The van der Waals surface area contributed by atoms with Gasteiger partial charge < -0.3 is 4.74 Å². The van der Waals surface area contributed by atoms with E-state index in [2.05, 4.69) is 73.3 Å². The summed E-state index contributed by atoms with van der Waals surface area (Å²) >= 11 is 1.90. The average Bonchev–Trinajstić information content (AvgIpc) is 3.29. The van der Waals surface area contributed by atoms with Crippen molar-refractivity contribution in [3.05, 3.63) is 114 Å². The van der Waals surface area contributed by atoms with Gasteiger partial charge in [-0.2, -0.15) is 0 Å². The molecule has 0 atom stereocenters. The predicted molar refractivity (Wildman–Crippen MR) is 149 cm³/mol. The molecule has 0 amide bonds. The highest BCUT2D eigenvalue weighted by atomic mass is 32.1. The number of aryl methyl sites for hydroxylation is 2. The Kier molecular flexibility index (Phi) is 5.35. The van der Waals surface area contributed by atoms with Gasteiger partial charge in [-0.3, -0.25) is 0 Å². The van der Waals surface area contributed by atoms with Gasteiger partial charge in [-0.05, 0) is 76.7 Å². The molecule has 5 aromatic carbocycles. The Morgan fingerprint density at radius 1 is 0.800 bits per heavy atom. The number of thiophene rings is 1. The monoisotopic (exact) mass is 472 g/mol. The van der Waals surface area contributed by atoms with E-state index in [0.29, 0.717) is 11.3 Å². The van der Waals surface area contributed by atoms with Crippen LogP contribution in [0.2, 0.25) is 0 Å². The molecule has 0 saturated heterocycles. The molecule has 1 heterocycles. The molecule has 0 saturated carbocycles. The van der Waals surface area contributed by atoms with Crippen molar-refractivity contribution >= 4 is 59.0 Å². The zero-order valence-corrected chi connectivity index (χ0v) is 20.3. The highest BCUT2D eigenvalue weighted by Crippen LogP contribution is 2.43. The molecule has 3 heteroatoms. The van der Waals surface area contributed by atoms with Crippen molar-refractivity contribution in [3.8, 4) is 5.75 Å². The number of carbonyl (C=O) groups is 1. The summed E-state index contributed by atoms with van der Waals surface area (Å²) in [6.07, 6.45) is 1.86. The van der Waals surface area contributed by atoms with Crippen LogP contribution < -0.4 is 4.74 Å². The first-order valence-electron chi connectivity index (χ1n) is 11.8. The number of esters is 1. The van der Waals surface area contributed by atoms with E-state index in [0.717, 1.165) is 12.8 Å². The van der Waals surface area contributed by atoms with E-state index in [1.54, 1.807) is 6.92 Å². The summed E-state index contributed by atoms with van der Waals surface area (Å²) in [7, 11) is 0. The highest BCUT2D eigenvalue weighted by molar-refractivity contribution is 7.26. The predicted octanol–water partition coefficient (Wildman–Crippen LogP) is 8.63. The van der Waals surface area contributed by atoms with Crippen molar-refractivity contribution in [3.63, 3.8) is 0 Å². The third-order valence-corrected chi connectivity index (χ3v) is 7.83. The lowest BCUT2D eigenvalue weighted by Gasteiger charge is -2.09. The zero-order valence-electron chi connectivity index (χ0n) is 19.5. The van der Waals surface area contributed by atoms with Crippen LogP contribution in [0.15, 0.2) is 103 Å². The molecule has 0 N–H and O–H groups in total. The van der Waals surface area contributed by atoms with Crippen molar-refractivity contribution in [2.24, 2.45) is 0 Å². The molecular weight excluding hydrogens is 448 g/mol. The van der Waals surface area contributed by atoms with E-state index >= 15 is 0 Å². The molecule has 6 aromatic rings. The number of hydrogen-bond acceptors (Lipinski definition) is 3. The minimum atomic E-state index is -0.395. The molecule has 0 spiro atoms. The maximum Gasteiger partial charge on any atom is 0.338 e. The summed E-state index contributed by atoms with van der Waals surface area (Å²) in [6, 6.07) is 32.1. The second-order valence-corrected chi connectivity index (χ2v) is 10.1. The van der Waals surface area contributed by atoms with Crippen LogP contribution >= 0.6 is 11.3 Å². The maximum absolute atomic E-state index is 11.8. The van der Waals surface area contributed by atoms with E-state index in [4.69, 9.17) is 4.74 Å². The van der Waals surface area contributed by atoms with Gasteiger partial charge >= 0.3 is 5.97 Å². The third kappa shape index (κ3) is 3.88. The quantitative estimate of drug-likeness (QED) is 0.143. The fraction of sp³-hybridized carbons (Fsp3) is 0.0938. The Morgan fingerprint density at radius 2 is 1.49 bits per heavy atom. The Bertz CT molecular complexity index is 1760. The van der Waals surface area contributed by atoms with Gasteiger partial charge in [0.05, 0.1) is 0 Å². The van der Waals surface area contributed by atoms with E-state index in [-0.39, 0.29) is 0 Å². The standard InChI is InChI=1S/C32H24O2S/c1-20(2)32(33)34-25-16-12-21(13-17-25)11-14-24-19-23-8-4-6-10-27(23)30-29-26-9-5-3-7-22(26)15-18-28(29)35-31(24)30/h3-10,12-13,15-19H,1,11,14H2,2H3. The van der Waals surface area contributed by atoms with Gasteiger partial charge in [0.1, 0.15) is 5.75 Å². The minimum Gasteiger partial charge on any atom is -0.423 e. The Morgan fingerprint density at radius 3 is 2.23 bits per heavy atom. The van der Waals surface area contributed by atoms with Crippen LogP contribution in [-0.4, -0.2) is 5.97 Å². The molecule has 2 nitrogen and oxygen atoms in total. The molecule has 6 rings (SSSR count). The van der Waals surface area contributed by atoms with Gasteiger partial charge in [-0.15, -0.1) is 11.3 Å². The molecular formula is C32H24O2S. The summed E-state index contributed by atoms with van der Waals surface area (Å²) in [6.45, 7) is 5.29. The third-order valence-electron chi connectivity index (χ3n) is 6.60. The first kappa shape index (κ1) is 21.6. The Balaban J connectivity index is 1.42. The number of rotatable bonds is 5. The molecule has 0 radical (unpaired) electrons. The van der Waals surface area contributed by atoms with Crippen LogP contribution in [-0.2, 0) is 17.6 Å². The lowest BCUT2D eigenvalue weighted by Crippen LogP contribution is -2.08. The molecule has 1 aromatic heterocycles. The summed E-state index contributed by atoms with van der Waals surface area (Å²) in [5.41, 5.74) is 2.99. The van der Waals surface area contributed by atoms with Crippen LogP contribution in [0.5, 0.6) is 5.75 Å². The fourth-order valence-corrected chi connectivity index (χ4v) is 6.12. The smallest absolute Gasteiger partial charge is 0.338 e. The van der Waals surface area contributed by atoms with Crippen LogP contribution in [0.1, 0.15) is 18.1 Å². The summed E-state index contributed by atoms with van der Waals surface area (Å²) in [5.74, 6) is 0.153. The molecule has 0 aliphatic rings. The lowest BCUT2D eigenvalue weighted by molar-refractivity contribution is -0.130.